The lowest BCUT2D eigenvalue weighted by atomic mass is 9.95. The molecular formula is C16H19N3OS. The lowest BCUT2D eigenvalue weighted by Crippen LogP contribution is -2.40. The van der Waals surface area contributed by atoms with Crippen molar-refractivity contribution in [2.24, 2.45) is 0 Å². The summed E-state index contributed by atoms with van der Waals surface area (Å²) in [4.78, 5) is 18.8. The molecule has 1 aromatic carbocycles. The van der Waals surface area contributed by atoms with Crippen molar-refractivity contribution in [2.75, 3.05) is 18.8 Å². The molecule has 1 atom stereocenters. The molecule has 0 radical (unpaired) electrons. The predicted octanol–water partition coefficient (Wildman–Crippen LogP) is 2.67. The number of carbonyl (C=O) groups excluding carboxylic acids is 1. The number of nitrogens with zero attached hydrogens (tertiary/aromatic N) is 2. The molecule has 1 saturated heterocycles. The smallest absolute Gasteiger partial charge is 0.227 e. The van der Waals surface area contributed by atoms with Gasteiger partial charge in [0.2, 0.25) is 5.91 Å². The number of hydrogen-bond acceptors (Lipinski definition) is 4. The third-order valence-corrected chi connectivity index (χ3v) is 4.62. The van der Waals surface area contributed by atoms with Crippen LogP contribution in [0.4, 0.5) is 5.13 Å². The number of aromatic nitrogens is 1. The zero-order valence-electron chi connectivity index (χ0n) is 11.9. The van der Waals surface area contributed by atoms with Crippen molar-refractivity contribution in [3.63, 3.8) is 0 Å². The molecule has 1 aliphatic heterocycles. The number of anilines is 1. The summed E-state index contributed by atoms with van der Waals surface area (Å²) in [6.07, 6.45) is 2.59. The molecule has 0 saturated carbocycles. The second kappa shape index (κ2) is 6.26. The number of piperidine rings is 1. The van der Waals surface area contributed by atoms with Gasteiger partial charge in [0.25, 0.3) is 0 Å². The average molecular weight is 301 g/mol. The summed E-state index contributed by atoms with van der Waals surface area (Å²) in [5.74, 6) is 0.529. The van der Waals surface area contributed by atoms with Gasteiger partial charge in [-0.1, -0.05) is 30.3 Å². The molecule has 2 heterocycles. The van der Waals surface area contributed by atoms with Crippen LogP contribution >= 0.6 is 11.3 Å². The van der Waals surface area contributed by atoms with E-state index in [0.29, 0.717) is 17.5 Å². The van der Waals surface area contributed by atoms with Crippen LogP contribution < -0.4 is 5.73 Å². The Hall–Kier alpha value is -1.88. The molecule has 21 heavy (non-hydrogen) atoms. The van der Waals surface area contributed by atoms with E-state index in [1.807, 2.05) is 40.6 Å². The first kappa shape index (κ1) is 14.1. The van der Waals surface area contributed by atoms with Gasteiger partial charge in [0.15, 0.2) is 5.13 Å². The molecule has 1 aromatic heterocycles. The zero-order chi connectivity index (χ0) is 14.7. The monoisotopic (exact) mass is 301 g/mol. The van der Waals surface area contributed by atoms with Crippen LogP contribution in [0.15, 0.2) is 35.7 Å². The Balaban J connectivity index is 1.64. The number of rotatable bonds is 3. The SMILES string of the molecule is Nc1nc(C2CCCN(C(=O)Cc3ccccc3)C2)cs1. The van der Waals surface area contributed by atoms with E-state index in [2.05, 4.69) is 4.98 Å². The topological polar surface area (TPSA) is 59.2 Å². The van der Waals surface area contributed by atoms with Crippen LogP contribution in [0.2, 0.25) is 0 Å². The second-order valence-corrected chi connectivity index (χ2v) is 6.34. The van der Waals surface area contributed by atoms with Crippen molar-refractivity contribution in [2.45, 2.75) is 25.2 Å². The molecular weight excluding hydrogens is 282 g/mol. The maximum absolute atomic E-state index is 12.4. The fraction of sp³-hybridized carbons (Fsp3) is 0.375. The van der Waals surface area contributed by atoms with Crippen LogP contribution in [0.5, 0.6) is 0 Å². The fourth-order valence-electron chi connectivity index (χ4n) is 2.82. The molecule has 5 heteroatoms. The number of nitrogen functional groups attached to an aromatic ring is 1. The average Bonchev–Trinajstić information content (AvgIpc) is 2.95. The highest BCUT2D eigenvalue weighted by atomic mass is 32.1. The molecule has 1 aliphatic rings. The van der Waals surface area contributed by atoms with Gasteiger partial charge < -0.3 is 10.6 Å². The van der Waals surface area contributed by atoms with Gasteiger partial charge in [-0.2, -0.15) is 0 Å². The van der Waals surface area contributed by atoms with Crippen molar-refractivity contribution in [1.82, 2.24) is 9.88 Å². The first-order chi connectivity index (χ1) is 10.2. The first-order valence-electron chi connectivity index (χ1n) is 7.25. The summed E-state index contributed by atoms with van der Waals surface area (Å²) in [5, 5.41) is 2.63. The van der Waals surface area contributed by atoms with Crippen molar-refractivity contribution in [1.29, 1.82) is 0 Å². The van der Waals surface area contributed by atoms with E-state index in [4.69, 9.17) is 5.73 Å². The zero-order valence-corrected chi connectivity index (χ0v) is 12.7. The third-order valence-electron chi connectivity index (χ3n) is 3.93. The number of likely N-dealkylation sites (tertiary alicyclic amines) is 1. The lowest BCUT2D eigenvalue weighted by Gasteiger charge is -2.32. The number of carbonyl (C=O) groups is 1. The summed E-state index contributed by atoms with van der Waals surface area (Å²) >= 11 is 1.47. The van der Waals surface area contributed by atoms with Crippen LogP contribution in [-0.4, -0.2) is 28.9 Å². The quantitative estimate of drug-likeness (QED) is 0.948. The molecule has 110 valence electrons. The maximum atomic E-state index is 12.4. The Morgan fingerprint density at radius 2 is 2.19 bits per heavy atom. The molecule has 0 aliphatic carbocycles. The van der Waals surface area contributed by atoms with E-state index >= 15 is 0 Å². The minimum atomic E-state index is 0.203. The molecule has 2 N–H and O–H groups in total. The Bertz CT molecular complexity index is 611. The van der Waals surface area contributed by atoms with Crippen LogP contribution in [0.25, 0.3) is 0 Å². The third kappa shape index (κ3) is 3.42. The summed E-state index contributed by atoms with van der Waals surface area (Å²) in [7, 11) is 0. The summed E-state index contributed by atoms with van der Waals surface area (Å²) in [5.41, 5.74) is 7.82. The van der Waals surface area contributed by atoms with Crippen molar-refractivity contribution in [3.8, 4) is 0 Å². The Labute approximate surface area is 128 Å². The van der Waals surface area contributed by atoms with E-state index in [-0.39, 0.29) is 5.91 Å². The second-order valence-electron chi connectivity index (χ2n) is 5.45. The summed E-state index contributed by atoms with van der Waals surface area (Å²) in [6.45, 7) is 1.61. The molecule has 1 unspecified atom stereocenters. The molecule has 1 fully saturated rings. The Kier molecular flexibility index (Phi) is 4.20. The van der Waals surface area contributed by atoms with Crippen LogP contribution in [-0.2, 0) is 11.2 Å². The number of nitrogens with two attached hydrogens (primary N) is 1. The normalized spacial score (nSPS) is 18.7. The largest absolute Gasteiger partial charge is 0.375 e. The van der Waals surface area contributed by atoms with Gasteiger partial charge in [-0.3, -0.25) is 4.79 Å². The van der Waals surface area contributed by atoms with Gasteiger partial charge in [-0.05, 0) is 18.4 Å². The molecule has 0 spiro atoms. The minimum Gasteiger partial charge on any atom is -0.375 e. The van der Waals surface area contributed by atoms with Gasteiger partial charge >= 0.3 is 0 Å². The number of hydrogen-bond donors (Lipinski definition) is 1. The predicted molar refractivity (Wildman–Crippen MR) is 85.2 cm³/mol. The van der Waals surface area contributed by atoms with Gasteiger partial charge in [0, 0.05) is 24.4 Å². The van der Waals surface area contributed by atoms with Crippen molar-refractivity contribution >= 4 is 22.4 Å². The van der Waals surface area contributed by atoms with E-state index in [9.17, 15) is 4.79 Å². The van der Waals surface area contributed by atoms with E-state index < -0.39 is 0 Å². The highest BCUT2D eigenvalue weighted by Gasteiger charge is 2.26. The molecule has 4 nitrogen and oxygen atoms in total. The lowest BCUT2D eigenvalue weighted by molar-refractivity contribution is -0.131. The Morgan fingerprint density at radius 3 is 2.90 bits per heavy atom. The summed E-state index contributed by atoms with van der Waals surface area (Å²) in [6, 6.07) is 9.91. The van der Waals surface area contributed by atoms with Crippen molar-refractivity contribution in [3.05, 3.63) is 47.0 Å². The Morgan fingerprint density at radius 1 is 1.38 bits per heavy atom. The molecule has 1 amide bonds. The standard InChI is InChI=1S/C16H19N3OS/c17-16-18-14(11-21-16)13-7-4-8-19(10-13)15(20)9-12-5-2-1-3-6-12/h1-3,5-6,11,13H,4,7-10H2,(H2,17,18). The highest BCUT2D eigenvalue weighted by molar-refractivity contribution is 7.13. The molecule has 0 bridgehead atoms. The highest BCUT2D eigenvalue weighted by Crippen LogP contribution is 2.28. The fourth-order valence-corrected chi connectivity index (χ4v) is 3.46. The van der Waals surface area contributed by atoms with E-state index in [0.717, 1.165) is 37.2 Å². The maximum Gasteiger partial charge on any atom is 0.227 e. The van der Waals surface area contributed by atoms with Gasteiger partial charge in [-0.25, -0.2) is 4.98 Å². The minimum absolute atomic E-state index is 0.203. The number of amides is 1. The summed E-state index contributed by atoms with van der Waals surface area (Å²) < 4.78 is 0. The molecule has 3 rings (SSSR count). The molecule has 2 aromatic rings. The van der Waals surface area contributed by atoms with Crippen LogP contribution in [0.3, 0.4) is 0 Å². The van der Waals surface area contributed by atoms with Crippen LogP contribution in [0.1, 0.15) is 30.0 Å². The number of benzene rings is 1. The van der Waals surface area contributed by atoms with Crippen molar-refractivity contribution < 1.29 is 4.79 Å². The van der Waals surface area contributed by atoms with E-state index in [1.54, 1.807) is 0 Å². The van der Waals surface area contributed by atoms with Gasteiger partial charge in [-0.15, -0.1) is 11.3 Å². The van der Waals surface area contributed by atoms with E-state index in [1.165, 1.54) is 11.3 Å². The first-order valence-corrected chi connectivity index (χ1v) is 8.13. The van der Waals surface area contributed by atoms with Gasteiger partial charge in [0.05, 0.1) is 12.1 Å². The van der Waals surface area contributed by atoms with Gasteiger partial charge in [0.1, 0.15) is 0 Å². The number of thiazole rings is 1. The van der Waals surface area contributed by atoms with Crippen LogP contribution in [0, 0.1) is 0 Å².